The number of anilines is 1. The van der Waals surface area contributed by atoms with Crippen LogP contribution in [-0.4, -0.2) is 10.9 Å². The quantitative estimate of drug-likeness (QED) is 0.783. The Morgan fingerprint density at radius 1 is 0.957 bits per heavy atom. The van der Waals surface area contributed by atoms with Gasteiger partial charge < -0.3 is 5.32 Å². The van der Waals surface area contributed by atoms with Crippen molar-refractivity contribution in [1.29, 1.82) is 0 Å². The summed E-state index contributed by atoms with van der Waals surface area (Å²) in [4.78, 5) is 16.3. The van der Waals surface area contributed by atoms with Crippen molar-refractivity contribution in [2.75, 3.05) is 5.32 Å². The fourth-order valence-corrected chi connectivity index (χ4v) is 2.45. The molecule has 1 amide bonds. The molecule has 114 valence electrons. The van der Waals surface area contributed by atoms with Crippen LogP contribution in [0.25, 0.3) is 11.1 Å². The average molecular weight is 302 g/mol. The Kier molecular flexibility index (Phi) is 4.48. The monoisotopic (exact) mass is 302 g/mol. The second kappa shape index (κ2) is 6.88. The maximum absolute atomic E-state index is 12.1. The number of nitrogens with one attached hydrogen (secondary N) is 1. The van der Waals surface area contributed by atoms with Crippen molar-refractivity contribution >= 4 is 11.6 Å². The number of aromatic nitrogens is 1. The van der Waals surface area contributed by atoms with E-state index in [-0.39, 0.29) is 5.91 Å². The molecule has 3 rings (SSSR count). The molecule has 0 aliphatic rings. The van der Waals surface area contributed by atoms with Crippen molar-refractivity contribution in [2.24, 2.45) is 0 Å². The van der Waals surface area contributed by atoms with Crippen LogP contribution in [0.5, 0.6) is 0 Å². The first-order valence-electron chi connectivity index (χ1n) is 7.57. The third-order valence-corrected chi connectivity index (χ3v) is 3.61. The molecule has 0 atom stereocenters. The number of carbonyl (C=O) groups excluding carboxylic acids is 1. The number of nitrogens with zero attached hydrogens (tertiary/aromatic N) is 1. The topological polar surface area (TPSA) is 42.0 Å². The second-order valence-corrected chi connectivity index (χ2v) is 5.47. The van der Waals surface area contributed by atoms with E-state index in [4.69, 9.17) is 0 Å². The average Bonchev–Trinajstić information content (AvgIpc) is 2.56. The van der Waals surface area contributed by atoms with Crippen LogP contribution in [0, 0.1) is 6.92 Å². The van der Waals surface area contributed by atoms with Gasteiger partial charge in [0.2, 0.25) is 5.91 Å². The molecule has 1 N–H and O–H groups in total. The molecule has 0 radical (unpaired) electrons. The molecule has 0 aliphatic carbocycles. The maximum atomic E-state index is 12.1. The van der Waals surface area contributed by atoms with E-state index in [1.165, 1.54) is 0 Å². The van der Waals surface area contributed by atoms with E-state index >= 15 is 0 Å². The van der Waals surface area contributed by atoms with Gasteiger partial charge in [0.1, 0.15) is 0 Å². The summed E-state index contributed by atoms with van der Waals surface area (Å²) in [5.74, 6) is -0.0105. The number of benzene rings is 2. The zero-order chi connectivity index (χ0) is 16.1. The van der Waals surface area contributed by atoms with E-state index in [1.807, 2.05) is 73.8 Å². The van der Waals surface area contributed by atoms with Crippen molar-refractivity contribution in [3.05, 3.63) is 84.2 Å². The predicted molar refractivity (Wildman–Crippen MR) is 93.2 cm³/mol. The van der Waals surface area contributed by atoms with Crippen LogP contribution >= 0.6 is 0 Å². The second-order valence-electron chi connectivity index (χ2n) is 5.47. The first-order valence-corrected chi connectivity index (χ1v) is 7.57. The van der Waals surface area contributed by atoms with Gasteiger partial charge in [-0.15, -0.1) is 0 Å². The molecule has 3 heteroatoms. The summed E-state index contributed by atoms with van der Waals surface area (Å²) in [6, 6.07) is 21.6. The predicted octanol–water partition coefficient (Wildman–Crippen LogP) is 4.24. The summed E-state index contributed by atoms with van der Waals surface area (Å²) >= 11 is 0. The van der Waals surface area contributed by atoms with Gasteiger partial charge >= 0.3 is 0 Å². The van der Waals surface area contributed by atoms with Crippen molar-refractivity contribution < 1.29 is 4.79 Å². The largest absolute Gasteiger partial charge is 0.326 e. The van der Waals surface area contributed by atoms with E-state index in [2.05, 4.69) is 16.4 Å². The van der Waals surface area contributed by atoms with Gasteiger partial charge in [0.15, 0.2) is 0 Å². The van der Waals surface area contributed by atoms with Gasteiger partial charge in [-0.1, -0.05) is 42.5 Å². The number of aryl methyl sites for hydroxylation is 1. The van der Waals surface area contributed by atoms with Crippen molar-refractivity contribution in [3.63, 3.8) is 0 Å². The number of rotatable bonds is 4. The third kappa shape index (κ3) is 4.04. The molecule has 0 fully saturated rings. The fourth-order valence-electron chi connectivity index (χ4n) is 2.45. The first-order chi connectivity index (χ1) is 11.2. The molecule has 1 aromatic heterocycles. The lowest BCUT2D eigenvalue weighted by Crippen LogP contribution is -2.14. The highest BCUT2D eigenvalue weighted by Crippen LogP contribution is 2.20. The Bertz CT molecular complexity index is 795. The fraction of sp³-hybridized carbons (Fsp3) is 0.100. The van der Waals surface area contributed by atoms with Crippen LogP contribution in [0.3, 0.4) is 0 Å². The van der Waals surface area contributed by atoms with Crippen LogP contribution in [0.1, 0.15) is 11.3 Å². The molecule has 3 aromatic rings. The van der Waals surface area contributed by atoms with Crippen LogP contribution in [0.15, 0.2) is 72.9 Å². The van der Waals surface area contributed by atoms with Crippen LogP contribution in [-0.2, 0) is 11.2 Å². The highest BCUT2D eigenvalue weighted by Gasteiger charge is 2.05. The molecule has 23 heavy (non-hydrogen) atoms. The molecule has 0 unspecified atom stereocenters. The molecule has 3 nitrogen and oxygen atoms in total. The standard InChI is InChI=1S/C20H18N2O/c1-15-13-18(11-12-21-15)17-9-7-16(8-10-17)14-20(23)22-19-5-3-2-4-6-19/h2-13H,14H2,1H3,(H,22,23). The van der Waals surface area contributed by atoms with E-state index in [1.54, 1.807) is 0 Å². The summed E-state index contributed by atoms with van der Waals surface area (Å²) in [5, 5.41) is 2.90. The van der Waals surface area contributed by atoms with Gasteiger partial charge in [-0.3, -0.25) is 9.78 Å². The van der Waals surface area contributed by atoms with Crippen molar-refractivity contribution in [1.82, 2.24) is 4.98 Å². The summed E-state index contributed by atoms with van der Waals surface area (Å²) in [7, 11) is 0. The number of carbonyl (C=O) groups is 1. The Labute approximate surface area is 136 Å². The molecule has 0 saturated carbocycles. The highest BCUT2D eigenvalue weighted by molar-refractivity contribution is 5.92. The third-order valence-electron chi connectivity index (χ3n) is 3.61. The van der Waals surface area contributed by atoms with Gasteiger partial charge in [-0.05, 0) is 47.9 Å². The van der Waals surface area contributed by atoms with Gasteiger partial charge in [-0.25, -0.2) is 0 Å². The Hall–Kier alpha value is -2.94. The van der Waals surface area contributed by atoms with Crippen LogP contribution in [0.2, 0.25) is 0 Å². The summed E-state index contributed by atoms with van der Waals surface area (Å²) in [6.07, 6.45) is 2.18. The minimum absolute atomic E-state index is 0.0105. The van der Waals surface area contributed by atoms with Crippen molar-refractivity contribution in [2.45, 2.75) is 13.3 Å². The zero-order valence-electron chi connectivity index (χ0n) is 13.0. The Morgan fingerprint density at radius 2 is 1.70 bits per heavy atom. The summed E-state index contributed by atoms with van der Waals surface area (Å²) < 4.78 is 0. The SMILES string of the molecule is Cc1cc(-c2ccc(CC(=O)Nc3ccccc3)cc2)ccn1. The lowest BCUT2D eigenvalue weighted by molar-refractivity contribution is -0.115. The van der Waals surface area contributed by atoms with Crippen LogP contribution in [0.4, 0.5) is 5.69 Å². The van der Waals surface area contributed by atoms with Crippen LogP contribution < -0.4 is 5.32 Å². The smallest absolute Gasteiger partial charge is 0.228 e. The number of hydrogen-bond acceptors (Lipinski definition) is 2. The molecule has 0 aliphatic heterocycles. The van der Waals surface area contributed by atoms with Gasteiger partial charge in [0.25, 0.3) is 0 Å². The highest BCUT2D eigenvalue weighted by atomic mass is 16.1. The normalized spacial score (nSPS) is 10.3. The lowest BCUT2D eigenvalue weighted by Gasteiger charge is -2.07. The van der Waals surface area contributed by atoms with E-state index in [0.29, 0.717) is 6.42 Å². The van der Waals surface area contributed by atoms with Gasteiger partial charge in [-0.2, -0.15) is 0 Å². The summed E-state index contributed by atoms with van der Waals surface area (Å²) in [6.45, 7) is 1.98. The number of pyridine rings is 1. The minimum atomic E-state index is -0.0105. The van der Waals surface area contributed by atoms with Crippen molar-refractivity contribution in [3.8, 4) is 11.1 Å². The minimum Gasteiger partial charge on any atom is -0.326 e. The van der Waals surface area contributed by atoms with Gasteiger partial charge in [0, 0.05) is 17.6 Å². The molecule has 2 aromatic carbocycles. The molecule has 1 heterocycles. The Balaban J connectivity index is 1.67. The molecular formula is C20H18N2O. The first kappa shape index (κ1) is 15.0. The zero-order valence-corrected chi connectivity index (χ0v) is 13.0. The molecular weight excluding hydrogens is 284 g/mol. The van der Waals surface area contributed by atoms with E-state index in [0.717, 1.165) is 28.1 Å². The number of amides is 1. The lowest BCUT2D eigenvalue weighted by atomic mass is 10.0. The Morgan fingerprint density at radius 3 is 2.39 bits per heavy atom. The molecule has 0 bridgehead atoms. The number of hydrogen-bond donors (Lipinski definition) is 1. The van der Waals surface area contributed by atoms with E-state index in [9.17, 15) is 4.79 Å². The molecule has 0 saturated heterocycles. The molecule has 0 spiro atoms. The number of para-hydroxylation sites is 1. The van der Waals surface area contributed by atoms with Gasteiger partial charge in [0.05, 0.1) is 6.42 Å². The summed E-state index contributed by atoms with van der Waals surface area (Å²) in [5.41, 5.74) is 5.07. The van der Waals surface area contributed by atoms with E-state index < -0.39 is 0 Å². The maximum Gasteiger partial charge on any atom is 0.228 e.